The quantitative estimate of drug-likeness (QED) is 0.806. The first-order valence-electron chi connectivity index (χ1n) is 9.56. The Bertz CT molecular complexity index is 1020. The van der Waals surface area contributed by atoms with E-state index in [9.17, 15) is 14.4 Å². The average Bonchev–Trinajstić information content (AvgIpc) is 3.16. The Kier molecular flexibility index (Phi) is 5.18. The third-order valence-electron chi connectivity index (χ3n) is 5.17. The molecule has 30 heavy (non-hydrogen) atoms. The molecule has 0 atom stereocenters. The van der Waals surface area contributed by atoms with Crippen LogP contribution < -0.4 is 25.2 Å². The van der Waals surface area contributed by atoms with Gasteiger partial charge in [0.25, 0.3) is 0 Å². The lowest BCUT2D eigenvalue weighted by molar-refractivity contribution is -0.118. The van der Waals surface area contributed by atoms with Gasteiger partial charge in [0.05, 0.1) is 19.3 Å². The first-order valence-corrected chi connectivity index (χ1v) is 9.56. The summed E-state index contributed by atoms with van der Waals surface area (Å²) in [6.45, 7) is 0.718. The van der Waals surface area contributed by atoms with E-state index in [0.717, 1.165) is 11.3 Å². The van der Waals surface area contributed by atoms with E-state index in [-0.39, 0.29) is 5.91 Å². The number of methoxy groups -OCH3 is 1. The highest BCUT2D eigenvalue weighted by Crippen LogP contribution is 2.33. The van der Waals surface area contributed by atoms with Crippen molar-refractivity contribution in [2.45, 2.75) is 12.8 Å². The summed E-state index contributed by atoms with van der Waals surface area (Å²) in [6.07, 6.45) is 0.642. The lowest BCUT2D eigenvalue weighted by Crippen LogP contribution is -2.31. The predicted octanol–water partition coefficient (Wildman–Crippen LogP) is 3.20. The Morgan fingerprint density at radius 3 is 2.47 bits per heavy atom. The topological polar surface area (TPSA) is 100 Å². The van der Waals surface area contributed by atoms with E-state index < -0.39 is 12.1 Å². The van der Waals surface area contributed by atoms with Crippen LogP contribution in [0, 0.1) is 0 Å². The summed E-state index contributed by atoms with van der Waals surface area (Å²) in [4.78, 5) is 39.3. The van der Waals surface area contributed by atoms with Crippen molar-refractivity contribution in [3.05, 3.63) is 42.0 Å². The maximum atomic E-state index is 12.5. The number of urea groups is 1. The number of ether oxygens (including phenoxy) is 2. The molecular weight excluding hydrogens is 388 g/mol. The van der Waals surface area contributed by atoms with Gasteiger partial charge in [-0.3, -0.25) is 9.69 Å². The third kappa shape index (κ3) is 3.73. The highest BCUT2D eigenvalue weighted by molar-refractivity contribution is 6.02. The van der Waals surface area contributed by atoms with Crippen LogP contribution in [-0.4, -0.2) is 45.3 Å². The van der Waals surface area contributed by atoms with Crippen LogP contribution >= 0.6 is 0 Å². The van der Waals surface area contributed by atoms with Gasteiger partial charge in [-0.15, -0.1) is 0 Å². The highest BCUT2D eigenvalue weighted by Gasteiger charge is 2.27. The van der Waals surface area contributed by atoms with Crippen molar-refractivity contribution in [3.8, 4) is 5.75 Å². The molecule has 156 valence electrons. The number of fused-ring (bicyclic) bond motifs is 1. The molecule has 9 nitrogen and oxygen atoms in total. The maximum Gasteiger partial charge on any atom is 0.414 e. The molecule has 2 aliphatic rings. The third-order valence-corrected chi connectivity index (χ3v) is 5.17. The van der Waals surface area contributed by atoms with Gasteiger partial charge in [-0.1, -0.05) is 0 Å². The van der Waals surface area contributed by atoms with E-state index in [0.29, 0.717) is 48.8 Å². The summed E-state index contributed by atoms with van der Waals surface area (Å²) in [5.74, 6) is 0.589. The second kappa shape index (κ2) is 7.94. The average molecular weight is 410 g/mol. The number of benzene rings is 2. The van der Waals surface area contributed by atoms with Gasteiger partial charge in [0.15, 0.2) is 0 Å². The maximum absolute atomic E-state index is 12.5. The largest absolute Gasteiger partial charge is 0.495 e. The summed E-state index contributed by atoms with van der Waals surface area (Å²) in [7, 11) is 3.26. The number of aryl methyl sites for hydroxylation is 1. The Morgan fingerprint density at radius 2 is 1.77 bits per heavy atom. The molecule has 0 aliphatic carbocycles. The predicted molar refractivity (Wildman–Crippen MR) is 113 cm³/mol. The summed E-state index contributed by atoms with van der Waals surface area (Å²) < 4.78 is 10.3. The molecule has 0 spiro atoms. The normalized spacial score (nSPS) is 15.5. The first kappa shape index (κ1) is 19.6. The molecule has 4 rings (SSSR count). The second-order valence-electron chi connectivity index (χ2n) is 7.03. The number of carbonyl (C=O) groups excluding carboxylic acids is 3. The Labute approximate surface area is 173 Å². The fourth-order valence-corrected chi connectivity index (χ4v) is 3.62. The van der Waals surface area contributed by atoms with E-state index in [2.05, 4.69) is 10.6 Å². The zero-order valence-corrected chi connectivity index (χ0v) is 16.7. The van der Waals surface area contributed by atoms with Crippen LogP contribution in [0.4, 0.5) is 32.3 Å². The van der Waals surface area contributed by atoms with Crippen LogP contribution in [0.15, 0.2) is 36.4 Å². The van der Waals surface area contributed by atoms with Crippen LogP contribution in [-0.2, 0) is 16.0 Å². The van der Waals surface area contributed by atoms with Gasteiger partial charge < -0.3 is 25.0 Å². The number of cyclic esters (lactones) is 1. The number of carbonyl (C=O) groups is 3. The van der Waals surface area contributed by atoms with E-state index in [1.54, 1.807) is 36.2 Å². The van der Waals surface area contributed by atoms with Gasteiger partial charge >= 0.3 is 12.1 Å². The minimum Gasteiger partial charge on any atom is -0.495 e. The molecule has 2 aromatic carbocycles. The van der Waals surface area contributed by atoms with E-state index in [1.165, 1.54) is 12.0 Å². The van der Waals surface area contributed by atoms with Crippen molar-refractivity contribution >= 4 is 40.8 Å². The zero-order valence-electron chi connectivity index (χ0n) is 16.7. The number of anilines is 4. The fourth-order valence-electron chi connectivity index (χ4n) is 3.62. The van der Waals surface area contributed by atoms with Crippen molar-refractivity contribution in [1.82, 2.24) is 0 Å². The van der Waals surface area contributed by atoms with Crippen LogP contribution in [0.25, 0.3) is 0 Å². The molecule has 4 amide bonds. The van der Waals surface area contributed by atoms with Crippen molar-refractivity contribution in [3.63, 3.8) is 0 Å². The minimum atomic E-state index is -0.451. The van der Waals surface area contributed by atoms with Gasteiger partial charge in [-0.05, 0) is 48.4 Å². The number of nitrogens with one attached hydrogen (secondary N) is 2. The summed E-state index contributed by atoms with van der Waals surface area (Å²) in [5, 5.41) is 5.57. The molecule has 2 heterocycles. The van der Waals surface area contributed by atoms with Gasteiger partial charge in [-0.2, -0.15) is 0 Å². The van der Waals surface area contributed by atoms with Crippen LogP contribution in [0.2, 0.25) is 0 Å². The number of nitrogens with zero attached hydrogens (tertiary/aromatic N) is 2. The Hall–Kier alpha value is -3.75. The second-order valence-corrected chi connectivity index (χ2v) is 7.03. The molecule has 0 saturated carbocycles. The molecule has 0 aromatic heterocycles. The molecule has 0 bridgehead atoms. The lowest BCUT2D eigenvalue weighted by Gasteiger charge is -2.26. The SMILES string of the molecule is COc1ccc(NC(=O)Nc2ccc3c(c2)CCC(=O)N3C)cc1N1CCOC1=O. The standard InChI is InChI=1S/C21H22N4O5/c1-24-16-6-4-14(11-13(16)3-8-19(24)26)22-20(27)23-15-5-7-18(29-2)17(12-15)25-9-10-30-21(25)28/h4-7,11-12H,3,8-10H2,1-2H3,(H2,22,23,27). The van der Waals surface area contributed by atoms with Crippen molar-refractivity contribution in [2.24, 2.45) is 0 Å². The van der Waals surface area contributed by atoms with Crippen LogP contribution in [0.3, 0.4) is 0 Å². The Balaban J connectivity index is 1.48. The number of amides is 4. The van der Waals surface area contributed by atoms with E-state index in [4.69, 9.17) is 9.47 Å². The zero-order chi connectivity index (χ0) is 21.3. The number of hydrogen-bond acceptors (Lipinski definition) is 5. The molecular formula is C21H22N4O5. The highest BCUT2D eigenvalue weighted by atomic mass is 16.6. The smallest absolute Gasteiger partial charge is 0.414 e. The summed E-state index contributed by atoms with van der Waals surface area (Å²) in [5.41, 5.74) is 3.53. The van der Waals surface area contributed by atoms with E-state index in [1.807, 2.05) is 12.1 Å². The molecule has 2 N–H and O–H groups in total. The first-order chi connectivity index (χ1) is 14.5. The molecule has 2 aliphatic heterocycles. The lowest BCUT2D eigenvalue weighted by atomic mass is 10.0. The fraction of sp³-hybridized carbons (Fsp3) is 0.286. The van der Waals surface area contributed by atoms with Gasteiger partial charge in [-0.25, -0.2) is 9.59 Å². The van der Waals surface area contributed by atoms with Crippen LogP contribution in [0.5, 0.6) is 5.75 Å². The molecule has 0 unspecified atom stereocenters. The van der Waals surface area contributed by atoms with Crippen molar-refractivity contribution < 1.29 is 23.9 Å². The molecule has 9 heteroatoms. The van der Waals surface area contributed by atoms with E-state index >= 15 is 0 Å². The molecule has 2 aromatic rings. The monoisotopic (exact) mass is 410 g/mol. The van der Waals surface area contributed by atoms with Gasteiger partial charge in [0.2, 0.25) is 5.91 Å². The number of rotatable bonds is 4. The van der Waals surface area contributed by atoms with Gasteiger partial charge in [0.1, 0.15) is 12.4 Å². The Morgan fingerprint density at radius 1 is 1.03 bits per heavy atom. The van der Waals surface area contributed by atoms with Crippen molar-refractivity contribution in [1.29, 1.82) is 0 Å². The minimum absolute atomic E-state index is 0.0816. The van der Waals surface area contributed by atoms with Gasteiger partial charge in [0, 0.05) is 30.5 Å². The van der Waals surface area contributed by atoms with Crippen LogP contribution in [0.1, 0.15) is 12.0 Å². The van der Waals surface area contributed by atoms with Crippen molar-refractivity contribution in [2.75, 3.05) is 47.7 Å². The summed E-state index contributed by atoms with van der Waals surface area (Å²) in [6, 6.07) is 10.1. The molecule has 0 radical (unpaired) electrons. The molecule has 1 saturated heterocycles. The number of hydrogen-bond donors (Lipinski definition) is 2. The summed E-state index contributed by atoms with van der Waals surface area (Å²) >= 11 is 0. The molecule has 1 fully saturated rings.